The molecule has 8 heteroatoms. The lowest BCUT2D eigenvalue weighted by Gasteiger charge is -2.10. The number of rotatable bonds is 4. The third-order valence-corrected chi connectivity index (χ3v) is 3.78. The summed E-state index contributed by atoms with van der Waals surface area (Å²) in [5.41, 5.74) is 0.790. The van der Waals surface area contributed by atoms with Crippen molar-refractivity contribution in [2.45, 2.75) is 11.4 Å². The molecule has 2 amide bonds. The average Bonchev–Trinajstić information content (AvgIpc) is 2.46. The molecule has 0 fully saturated rings. The molecule has 0 aromatic heterocycles. The van der Waals surface area contributed by atoms with Crippen LogP contribution in [0.2, 0.25) is 0 Å². The zero-order valence-corrected chi connectivity index (χ0v) is 12.2. The van der Waals surface area contributed by atoms with Crippen molar-refractivity contribution in [3.63, 3.8) is 0 Å². The zero-order chi connectivity index (χ0) is 16.2. The lowest BCUT2D eigenvalue weighted by molar-refractivity contribution is 0.251. The number of urea groups is 1. The molecule has 0 saturated carbocycles. The van der Waals surface area contributed by atoms with Crippen molar-refractivity contribution < 1.29 is 17.6 Å². The molecular weight excluding hydrogens is 309 g/mol. The molecular formula is C14H14FN3O3S. The molecule has 116 valence electrons. The van der Waals surface area contributed by atoms with E-state index in [0.717, 1.165) is 0 Å². The first kappa shape index (κ1) is 15.9. The Balaban J connectivity index is 2.02. The Labute approximate surface area is 127 Å². The van der Waals surface area contributed by atoms with Gasteiger partial charge in [-0.2, -0.15) is 0 Å². The predicted molar refractivity (Wildman–Crippen MR) is 80.1 cm³/mol. The molecule has 0 radical (unpaired) electrons. The van der Waals surface area contributed by atoms with Crippen molar-refractivity contribution in [3.8, 4) is 0 Å². The van der Waals surface area contributed by atoms with Crippen LogP contribution < -0.4 is 15.8 Å². The van der Waals surface area contributed by atoms with Crippen LogP contribution in [0.4, 0.5) is 14.9 Å². The topological polar surface area (TPSA) is 101 Å². The van der Waals surface area contributed by atoms with Gasteiger partial charge in [-0.1, -0.05) is 24.3 Å². The van der Waals surface area contributed by atoms with Gasteiger partial charge in [0.05, 0.1) is 5.69 Å². The number of amides is 2. The van der Waals surface area contributed by atoms with Crippen molar-refractivity contribution in [2.24, 2.45) is 5.14 Å². The van der Waals surface area contributed by atoms with Crippen LogP contribution in [0, 0.1) is 5.82 Å². The van der Waals surface area contributed by atoms with E-state index in [0.29, 0.717) is 5.56 Å². The first-order valence-electron chi connectivity index (χ1n) is 6.27. The summed E-state index contributed by atoms with van der Waals surface area (Å²) in [5.74, 6) is -0.365. The Bertz CT molecular complexity index is 776. The van der Waals surface area contributed by atoms with Gasteiger partial charge in [0.25, 0.3) is 0 Å². The van der Waals surface area contributed by atoms with Gasteiger partial charge in [0.1, 0.15) is 10.7 Å². The molecule has 0 atom stereocenters. The number of sulfonamides is 1. The molecule has 0 unspecified atom stereocenters. The van der Waals surface area contributed by atoms with E-state index in [1.165, 1.54) is 42.5 Å². The number of hydrogen-bond acceptors (Lipinski definition) is 3. The van der Waals surface area contributed by atoms with Gasteiger partial charge in [-0.3, -0.25) is 0 Å². The van der Waals surface area contributed by atoms with E-state index in [1.807, 2.05) is 0 Å². The highest BCUT2D eigenvalue weighted by atomic mass is 32.2. The number of carbonyl (C=O) groups excluding carboxylic acids is 1. The van der Waals surface area contributed by atoms with Crippen LogP contribution in [0.15, 0.2) is 53.4 Å². The molecule has 0 aliphatic heterocycles. The van der Waals surface area contributed by atoms with Crippen molar-refractivity contribution >= 4 is 21.7 Å². The van der Waals surface area contributed by atoms with Gasteiger partial charge in [-0.05, 0) is 29.8 Å². The normalized spacial score (nSPS) is 11.0. The number of nitrogens with one attached hydrogen (secondary N) is 2. The molecule has 0 bridgehead atoms. The summed E-state index contributed by atoms with van der Waals surface area (Å²) < 4.78 is 35.6. The van der Waals surface area contributed by atoms with Gasteiger partial charge >= 0.3 is 6.03 Å². The largest absolute Gasteiger partial charge is 0.334 e. The van der Waals surface area contributed by atoms with Crippen LogP contribution in [-0.4, -0.2) is 14.4 Å². The summed E-state index contributed by atoms with van der Waals surface area (Å²) in [4.78, 5) is 11.6. The van der Waals surface area contributed by atoms with E-state index in [9.17, 15) is 17.6 Å². The Kier molecular flexibility index (Phi) is 4.74. The third kappa shape index (κ3) is 4.27. The summed E-state index contributed by atoms with van der Waals surface area (Å²) in [6, 6.07) is 10.8. The highest BCUT2D eigenvalue weighted by Gasteiger charge is 2.14. The van der Waals surface area contributed by atoms with Crippen molar-refractivity contribution in [3.05, 3.63) is 59.9 Å². The highest BCUT2D eigenvalue weighted by Crippen LogP contribution is 2.18. The molecule has 4 N–H and O–H groups in total. The summed E-state index contributed by atoms with van der Waals surface area (Å²) in [5, 5.41) is 10.0. The van der Waals surface area contributed by atoms with Crippen molar-refractivity contribution in [2.75, 3.05) is 5.32 Å². The van der Waals surface area contributed by atoms with Gasteiger partial charge in [0, 0.05) is 6.54 Å². The van der Waals surface area contributed by atoms with Gasteiger partial charge in [-0.15, -0.1) is 0 Å². The summed E-state index contributed by atoms with van der Waals surface area (Å²) >= 11 is 0. The molecule has 0 aliphatic carbocycles. The van der Waals surface area contributed by atoms with Gasteiger partial charge in [0.15, 0.2) is 0 Å². The van der Waals surface area contributed by atoms with Crippen LogP contribution in [0.5, 0.6) is 0 Å². The smallest absolute Gasteiger partial charge is 0.319 e. The number of benzene rings is 2. The van der Waals surface area contributed by atoms with Crippen LogP contribution in [0.3, 0.4) is 0 Å². The van der Waals surface area contributed by atoms with E-state index in [4.69, 9.17) is 5.14 Å². The molecule has 0 spiro atoms. The monoisotopic (exact) mass is 323 g/mol. The second kappa shape index (κ2) is 6.54. The summed E-state index contributed by atoms with van der Waals surface area (Å²) in [6.07, 6.45) is 0. The number of nitrogens with two attached hydrogens (primary N) is 1. The molecule has 2 rings (SSSR count). The summed E-state index contributed by atoms with van der Waals surface area (Å²) in [6.45, 7) is 0.170. The van der Waals surface area contributed by atoms with Crippen molar-refractivity contribution in [1.82, 2.24) is 5.32 Å². The van der Waals surface area contributed by atoms with Gasteiger partial charge in [-0.25, -0.2) is 22.7 Å². The van der Waals surface area contributed by atoms with Crippen LogP contribution in [0.25, 0.3) is 0 Å². The van der Waals surface area contributed by atoms with E-state index in [2.05, 4.69) is 10.6 Å². The Morgan fingerprint density at radius 1 is 1.09 bits per heavy atom. The molecule has 6 nitrogen and oxygen atoms in total. The lowest BCUT2D eigenvalue weighted by atomic mass is 10.2. The van der Waals surface area contributed by atoms with E-state index >= 15 is 0 Å². The SMILES string of the molecule is NS(=O)(=O)c1ccccc1NC(=O)NCc1ccc(F)cc1. The van der Waals surface area contributed by atoms with E-state index in [-0.39, 0.29) is 22.9 Å². The quantitative estimate of drug-likeness (QED) is 0.799. The van der Waals surface area contributed by atoms with E-state index in [1.54, 1.807) is 6.07 Å². The third-order valence-electron chi connectivity index (χ3n) is 2.81. The highest BCUT2D eigenvalue weighted by molar-refractivity contribution is 7.89. The Morgan fingerprint density at radius 2 is 1.73 bits per heavy atom. The van der Waals surface area contributed by atoms with Gasteiger partial charge in [0.2, 0.25) is 10.0 Å². The minimum absolute atomic E-state index is 0.0848. The number of primary sulfonamides is 1. The predicted octanol–water partition coefficient (Wildman–Crippen LogP) is 1.79. The first-order chi connectivity index (χ1) is 10.4. The molecule has 2 aromatic rings. The molecule has 2 aromatic carbocycles. The number of hydrogen-bond donors (Lipinski definition) is 3. The molecule has 22 heavy (non-hydrogen) atoms. The minimum atomic E-state index is -3.94. The number of halogens is 1. The lowest BCUT2D eigenvalue weighted by Crippen LogP contribution is -2.29. The number of carbonyl (C=O) groups is 1. The Morgan fingerprint density at radius 3 is 2.36 bits per heavy atom. The van der Waals surface area contributed by atoms with Crippen molar-refractivity contribution in [1.29, 1.82) is 0 Å². The van der Waals surface area contributed by atoms with Crippen LogP contribution in [0.1, 0.15) is 5.56 Å². The zero-order valence-electron chi connectivity index (χ0n) is 11.4. The Hall–Kier alpha value is -2.45. The molecule has 0 heterocycles. The maximum atomic E-state index is 12.8. The summed E-state index contributed by atoms with van der Waals surface area (Å²) in [7, 11) is -3.94. The second-order valence-electron chi connectivity index (χ2n) is 4.48. The van der Waals surface area contributed by atoms with Crippen LogP contribution in [-0.2, 0) is 16.6 Å². The van der Waals surface area contributed by atoms with Gasteiger partial charge < -0.3 is 10.6 Å². The maximum absolute atomic E-state index is 12.8. The number of anilines is 1. The molecule has 0 aliphatic rings. The van der Waals surface area contributed by atoms with Crippen LogP contribution >= 0.6 is 0 Å². The van der Waals surface area contributed by atoms with E-state index < -0.39 is 16.1 Å². The first-order valence-corrected chi connectivity index (χ1v) is 7.82. The fourth-order valence-corrected chi connectivity index (χ4v) is 2.46. The maximum Gasteiger partial charge on any atom is 0.319 e. The number of para-hydroxylation sites is 1. The fourth-order valence-electron chi connectivity index (χ4n) is 1.77. The minimum Gasteiger partial charge on any atom is -0.334 e. The standard InChI is InChI=1S/C14H14FN3O3S/c15-11-7-5-10(6-8-11)9-17-14(19)18-12-3-1-2-4-13(12)22(16,20)21/h1-8H,9H2,(H2,16,20,21)(H2,17,18,19). The fraction of sp³-hybridized carbons (Fsp3) is 0.0714. The molecule has 0 saturated heterocycles. The second-order valence-corrected chi connectivity index (χ2v) is 6.01. The average molecular weight is 323 g/mol.